The molecule has 6 atom stereocenters. The number of aromatic nitrogens is 6. The van der Waals surface area contributed by atoms with Crippen molar-refractivity contribution in [3.8, 4) is 0 Å². The number of nitrogens with one attached hydrogen (secondary N) is 3. The maximum Gasteiger partial charge on any atom is 0.256 e. The third-order valence-corrected chi connectivity index (χ3v) is 14.6. The Morgan fingerprint density at radius 3 is 1.01 bits per heavy atom. The van der Waals surface area contributed by atoms with Crippen LogP contribution in [0.2, 0.25) is 0 Å². The molecule has 6 aromatic rings. The van der Waals surface area contributed by atoms with Gasteiger partial charge in [-0.1, -0.05) is 7.43 Å². The van der Waals surface area contributed by atoms with Gasteiger partial charge < -0.3 is 33.2 Å². The number of rotatable bonds is 3. The molecule has 0 spiro atoms. The Morgan fingerprint density at radius 1 is 0.466 bits per heavy atom. The average molecular weight is 1010 g/mol. The van der Waals surface area contributed by atoms with Gasteiger partial charge in [0.05, 0.1) is 34.8 Å². The van der Waals surface area contributed by atoms with E-state index in [0.717, 1.165) is 17.1 Å². The minimum Gasteiger partial charge on any atom is -0.385 e. The number of nitrogen functional groups attached to an aromatic ring is 3. The van der Waals surface area contributed by atoms with Crippen LogP contribution >= 0.6 is 0 Å². The maximum absolute atomic E-state index is 13.6. The van der Waals surface area contributed by atoms with Gasteiger partial charge in [-0.05, 0) is 129 Å². The molecule has 9 N–H and O–H groups in total. The molecule has 21 heteroatoms. The molecule has 3 aliphatic heterocycles. The van der Waals surface area contributed by atoms with E-state index >= 15 is 0 Å². The van der Waals surface area contributed by atoms with Gasteiger partial charge in [-0.15, -0.1) is 0 Å². The lowest BCUT2D eigenvalue weighted by atomic mass is 9.90. The van der Waals surface area contributed by atoms with E-state index in [-0.39, 0.29) is 79.3 Å². The maximum atomic E-state index is 13.6. The number of halogens is 6. The highest BCUT2D eigenvalue weighted by Crippen LogP contribution is 2.39. The first-order valence-corrected chi connectivity index (χ1v) is 24.4. The fourth-order valence-corrected chi connectivity index (χ4v) is 10.8. The molecule has 15 nitrogen and oxygen atoms in total. The van der Waals surface area contributed by atoms with Gasteiger partial charge in [-0.2, -0.15) is 29.3 Å². The molecule has 3 aliphatic carbocycles. The first-order valence-electron chi connectivity index (χ1n) is 24.4. The molecule has 0 amide bonds. The summed E-state index contributed by atoms with van der Waals surface area (Å²) < 4.78 is 85.3. The summed E-state index contributed by atoms with van der Waals surface area (Å²) in [6.45, 7) is 1.84. The van der Waals surface area contributed by atoms with Crippen LogP contribution in [0.5, 0.6) is 0 Å². The molecular formula is C52H58F6N12O3. The fraction of sp³-hybridized carbons (Fsp3) is 0.423. The molecule has 73 heavy (non-hydrogen) atoms. The molecule has 386 valence electrons. The van der Waals surface area contributed by atoms with Crippen LogP contribution in [0.3, 0.4) is 0 Å². The van der Waals surface area contributed by atoms with Crippen LogP contribution in [0.15, 0.2) is 54.6 Å². The number of hydrogen-bond donors (Lipinski definition) is 6. The Balaban J connectivity index is 0.000000134. The van der Waals surface area contributed by atoms with Crippen LogP contribution in [0.25, 0.3) is 0 Å². The first kappa shape index (κ1) is 50.6. The fourth-order valence-electron chi connectivity index (χ4n) is 10.8. The summed E-state index contributed by atoms with van der Waals surface area (Å²) in [5, 5.41) is 22.4. The normalized spacial score (nSPS) is 22.1. The molecule has 0 bridgehead atoms. The Bertz CT molecular complexity index is 2770. The van der Waals surface area contributed by atoms with Crippen molar-refractivity contribution in [2.24, 2.45) is 0 Å². The smallest absolute Gasteiger partial charge is 0.256 e. The average Bonchev–Trinajstić information content (AvgIpc) is 4.01. The minimum absolute atomic E-state index is 0. The van der Waals surface area contributed by atoms with Gasteiger partial charge >= 0.3 is 0 Å². The van der Waals surface area contributed by atoms with E-state index in [1.807, 2.05) is 0 Å². The number of carbonyl (C=O) groups is 3. The number of nitrogens with two attached hydrogens (primary N) is 3. The van der Waals surface area contributed by atoms with E-state index in [1.165, 1.54) is 50.4 Å². The molecule has 6 aliphatic rings. The zero-order valence-electron chi connectivity index (χ0n) is 39.2. The second-order valence-corrected chi connectivity index (χ2v) is 19.2. The monoisotopic (exact) mass is 1010 g/mol. The van der Waals surface area contributed by atoms with Crippen molar-refractivity contribution in [1.82, 2.24) is 29.3 Å². The Kier molecular flexibility index (Phi) is 14.3. The van der Waals surface area contributed by atoms with Gasteiger partial charge in [0.25, 0.3) is 17.7 Å². The number of alkyl halides is 3. The molecule has 3 aromatic carbocycles. The van der Waals surface area contributed by atoms with Crippen molar-refractivity contribution in [2.75, 3.05) is 52.8 Å². The number of fused-ring (bicyclic) bond motifs is 6. The quantitative estimate of drug-likeness (QED) is 0.0918. The standard InChI is InChI=1S/3C17H18F2N4O.CH4/c3*18-9-1-3-14-12(7-9)11(5-6-21-14)17(24)23-16(20)13-8-10(19)2-4-15(13)22-23;/h3*1,3,7,10-11,21H,2,4-6,8,20H2;1H4/t10-,11?;10-,11+;10-,11-;/m111./s1. The van der Waals surface area contributed by atoms with Crippen molar-refractivity contribution >= 4 is 52.2 Å². The van der Waals surface area contributed by atoms with Crippen LogP contribution in [0.4, 0.5) is 60.9 Å². The molecule has 0 fully saturated rings. The number of benzene rings is 3. The van der Waals surface area contributed by atoms with Crippen molar-refractivity contribution in [2.45, 2.75) is 121 Å². The highest BCUT2D eigenvalue weighted by Gasteiger charge is 2.36. The molecule has 6 heterocycles. The minimum atomic E-state index is -0.943. The zero-order valence-corrected chi connectivity index (χ0v) is 39.2. The van der Waals surface area contributed by atoms with Crippen LogP contribution < -0.4 is 33.2 Å². The van der Waals surface area contributed by atoms with Crippen LogP contribution in [-0.4, -0.2) is 85.2 Å². The highest BCUT2D eigenvalue weighted by molar-refractivity contribution is 5.92. The summed E-state index contributed by atoms with van der Waals surface area (Å²) in [5.41, 5.74) is 26.3. The van der Waals surface area contributed by atoms with E-state index in [0.29, 0.717) is 128 Å². The number of hydrogen-bond acceptors (Lipinski definition) is 12. The second-order valence-electron chi connectivity index (χ2n) is 19.2. The van der Waals surface area contributed by atoms with Crippen molar-refractivity contribution in [3.05, 3.63) is 123 Å². The molecular weight excluding hydrogens is 955 g/mol. The van der Waals surface area contributed by atoms with Gasteiger partial charge in [0.15, 0.2) is 0 Å². The second kappa shape index (κ2) is 20.7. The van der Waals surface area contributed by atoms with E-state index in [2.05, 4.69) is 31.2 Å². The summed E-state index contributed by atoms with van der Waals surface area (Å²) >= 11 is 0. The molecule has 0 radical (unpaired) electrons. The molecule has 12 rings (SSSR count). The van der Waals surface area contributed by atoms with E-state index < -0.39 is 36.3 Å². The molecule has 1 unspecified atom stereocenters. The van der Waals surface area contributed by atoms with E-state index in [9.17, 15) is 40.7 Å². The van der Waals surface area contributed by atoms with Crippen molar-refractivity contribution in [1.29, 1.82) is 0 Å². The SMILES string of the molecule is C.Nc1c2c(nn1C(=O)C1CCNc3ccc(F)cc31)CC[C@@H](F)C2.Nc1c2c(nn1C(=O)[C@@H]1CCNc3ccc(F)cc31)CC[C@@H](F)C2.Nc1c2c(nn1C(=O)[C@H]1CCNc3ccc(F)cc31)CC[C@@H](F)C2. The zero-order chi connectivity index (χ0) is 50.5. The Hall–Kier alpha value is -7.32. The van der Waals surface area contributed by atoms with Crippen LogP contribution in [0, 0.1) is 17.5 Å². The summed E-state index contributed by atoms with van der Waals surface area (Å²) in [6, 6.07) is 13.1. The van der Waals surface area contributed by atoms with Gasteiger partial charge in [-0.25, -0.2) is 26.3 Å². The van der Waals surface area contributed by atoms with Crippen LogP contribution in [0.1, 0.15) is 129 Å². The summed E-state index contributed by atoms with van der Waals surface area (Å²) in [7, 11) is 0. The lowest BCUT2D eigenvalue weighted by Gasteiger charge is -2.25. The predicted octanol–water partition coefficient (Wildman–Crippen LogP) is 8.65. The summed E-state index contributed by atoms with van der Waals surface area (Å²) in [4.78, 5) is 38.9. The topological polar surface area (TPSA) is 219 Å². The van der Waals surface area contributed by atoms with Crippen molar-refractivity contribution < 1.29 is 40.7 Å². The lowest BCUT2D eigenvalue weighted by molar-refractivity contribution is 0.0851. The highest BCUT2D eigenvalue weighted by atomic mass is 19.2. The van der Waals surface area contributed by atoms with Gasteiger partial charge in [0, 0.05) is 72.6 Å². The lowest BCUT2D eigenvalue weighted by Crippen LogP contribution is -2.28. The largest absolute Gasteiger partial charge is 0.385 e. The van der Waals surface area contributed by atoms with Gasteiger partial charge in [0.1, 0.15) is 53.4 Å². The number of carbonyl (C=O) groups excluding carboxylic acids is 3. The Morgan fingerprint density at radius 2 is 0.740 bits per heavy atom. The van der Waals surface area contributed by atoms with Gasteiger partial charge in [0.2, 0.25) is 0 Å². The van der Waals surface area contributed by atoms with E-state index in [1.54, 1.807) is 18.2 Å². The number of anilines is 6. The van der Waals surface area contributed by atoms with Crippen LogP contribution in [-0.2, 0) is 38.5 Å². The summed E-state index contributed by atoms with van der Waals surface area (Å²) in [6.07, 6.45) is 2.03. The van der Waals surface area contributed by atoms with Crippen molar-refractivity contribution in [3.63, 3.8) is 0 Å². The molecule has 3 aromatic heterocycles. The number of nitrogens with zero attached hydrogens (tertiary/aromatic N) is 6. The van der Waals surface area contributed by atoms with Gasteiger partial charge in [-0.3, -0.25) is 14.4 Å². The number of aryl methyl sites for hydroxylation is 3. The Labute approximate surface area is 417 Å². The third-order valence-electron chi connectivity index (χ3n) is 14.6. The predicted molar refractivity (Wildman–Crippen MR) is 266 cm³/mol. The first-order chi connectivity index (χ1) is 34.6. The molecule has 0 saturated heterocycles. The summed E-state index contributed by atoms with van der Waals surface area (Å²) in [5.74, 6) is -2.90. The van der Waals surface area contributed by atoms with E-state index in [4.69, 9.17) is 17.2 Å². The molecule has 0 saturated carbocycles. The third kappa shape index (κ3) is 9.84.